The largest absolute Gasteiger partial charge is 0.357 e. The quantitative estimate of drug-likeness (QED) is 0.488. The lowest BCUT2D eigenvalue weighted by molar-refractivity contribution is 0.0827. The fourth-order valence-electron chi connectivity index (χ4n) is 2.64. The summed E-state index contributed by atoms with van der Waals surface area (Å²) in [4.78, 5) is 18.1. The third-order valence-electron chi connectivity index (χ3n) is 4.16. The van der Waals surface area contributed by atoms with Crippen molar-refractivity contribution < 1.29 is 9.00 Å². The van der Waals surface area contributed by atoms with Gasteiger partial charge < -0.3 is 15.5 Å². The summed E-state index contributed by atoms with van der Waals surface area (Å²) < 4.78 is 12.2. The van der Waals surface area contributed by atoms with Crippen molar-refractivity contribution >= 4 is 22.7 Å². The standard InChI is InChI=1S/C22H30N4O2S/c1-4-23-22(24-14-15-29(28)17-19-8-6-5-7-9-19)25-16-18-10-12-20(13-11-18)21(27)26(2)3/h5-13H,4,14-17H2,1-3H3,(H2,23,24,25). The average Bonchev–Trinajstić information content (AvgIpc) is 2.72. The van der Waals surface area contributed by atoms with Gasteiger partial charge in [-0.25, -0.2) is 4.99 Å². The molecular formula is C22H30N4O2S. The highest BCUT2D eigenvalue weighted by Gasteiger charge is 2.07. The van der Waals surface area contributed by atoms with Crippen LogP contribution in [0.25, 0.3) is 0 Å². The van der Waals surface area contributed by atoms with Gasteiger partial charge >= 0.3 is 0 Å². The van der Waals surface area contributed by atoms with Crippen LogP contribution in [0.2, 0.25) is 0 Å². The third-order valence-corrected chi connectivity index (χ3v) is 5.48. The first kappa shape index (κ1) is 22.6. The van der Waals surface area contributed by atoms with Crippen molar-refractivity contribution in [3.63, 3.8) is 0 Å². The van der Waals surface area contributed by atoms with E-state index in [2.05, 4.69) is 15.6 Å². The zero-order chi connectivity index (χ0) is 21.1. The van der Waals surface area contributed by atoms with E-state index in [-0.39, 0.29) is 5.91 Å². The van der Waals surface area contributed by atoms with Gasteiger partial charge in [0.15, 0.2) is 5.96 Å². The fraction of sp³-hybridized carbons (Fsp3) is 0.364. The number of rotatable bonds is 9. The SMILES string of the molecule is CCNC(=NCc1ccc(C(=O)N(C)C)cc1)NCCS(=O)Cc1ccccc1. The molecule has 0 heterocycles. The van der Waals surface area contributed by atoms with Gasteiger partial charge in [0, 0.05) is 55.1 Å². The lowest BCUT2D eigenvalue weighted by Gasteiger charge is -2.12. The highest BCUT2D eigenvalue weighted by atomic mass is 32.2. The van der Waals surface area contributed by atoms with Gasteiger partial charge in [0.1, 0.15) is 0 Å². The Hall–Kier alpha value is -2.67. The number of hydrogen-bond donors (Lipinski definition) is 2. The molecule has 7 heteroatoms. The molecule has 0 aliphatic heterocycles. The second-order valence-electron chi connectivity index (χ2n) is 6.79. The molecule has 2 rings (SSSR count). The molecule has 2 aromatic carbocycles. The number of carbonyl (C=O) groups is 1. The summed E-state index contributed by atoms with van der Waals surface area (Å²) in [6.45, 7) is 3.84. The summed E-state index contributed by atoms with van der Waals surface area (Å²) in [7, 11) is 2.55. The predicted octanol–water partition coefficient (Wildman–Crippen LogP) is 2.39. The molecule has 0 fully saturated rings. The van der Waals surface area contributed by atoms with Crippen molar-refractivity contribution in [1.82, 2.24) is 15.5 Å². The van der Waals surface area contributed by atoms with E-state index < -0.39 is 10.8 Å². The molecule has 0 spiro atoms. The van der Waals surface area contributed by atoms with E-state index in [1.165, 1.54) is 0 Å². The molecule has 2 N–H and O–H groups in total. The Morgan fingerprint density at radius 2 is 1.69 bits per heavy atom. The van der Waals surface area contributed by atoms with E-state index in [1.807, 2.05) is 61.5 Å². The van der Waals surface area contributed by atoms with E-state index in [9.17, 15) is 9.00 Å². The van der Waals surface area contributed by atoms with Gasteiger partial charge in [-0.05, 0) is 30.2 Å². The van der Waals surface area contributed by atoms with Crippen LogP contribution >= 0.6 is 0 Å². The number of hydrogen-bond acceptors (Lipinski definition) is 3. The van der Waals surface area contributed by atoms with E-state index in [4.69, 9.17) is 0 Å². The van der Waals surface area contributed by atoms with Crippen LogP contribution in [0.4, 0.5) is 0 Å². The first-order valence-electron chi connectivity index (χ1n) is 9.71. The Balaban J connectivity index is 1.84. The Morgan fingerprint density at radius 3 is 2.31 bits per heavy atom. The van der Waals surface area contributed by atoms with Crippen LogP contribution in [0.3, 0.4) is 0 Å². The Labute approximate surface area is 175 Å². The molecule has 1 atom stereocenters. The molecule has 1 amide bonds. The van der Waals surface area contributed by atoms with Crippen LogP contribution in [0.5, 0.6) is 0 Å². The molecule has 0 aliphatic carbocycles. The predicted molar refractivity (Wildman–Crippen MR) is 120 cm³/mol. The number of guanidine groups is 1. The second-order valence-corrected chi connectivity index (χ2v) is 8.37. The molecule has 0 saturated heterocycles. The molecule has 2 aromatic rings. The van der Waals surface area contributed by atoms with Gasteiger partial charge in [-0.1, -0.05) is 42.5 Å². The summed E-state index contributed by atoms with van der Waals surface area (Å²) >= 11 is 0. The van der Waals surface area contributed by atoms with E-state index in [0.717, 1.165) is 17.7 Å². The minimum absolute atomic E-state index is 0.0152. The maximum Gasteiger partial charge on any atom is 0.253 e. The van der Waals surface area contributed by atoms with Crippen molar-refractivity contribution in [3.05, 3.63) is 71.3 Å². The summed E-state index contributed by atoms with van der Waals surface area (Å²) in [6.07, 6.45) is 0. The minimum Gasteiger partial charge on any atom is -0.357 e. The lowest BCUT2D eigenvalue weighted by Crippen LogP contribution is -2.39. The van der Waals surface area contributed by atoms with E-state index in [1.54, 1.807) is 19.0 Å². The van der Waals surface area contributed by atoms with Crippen molar-refractivity contribution in [3.8, 4) is 0 Å². The maximum absolute atomic E-state index is 12.2. The molecule has 6 nitrogen and oxygen atoms in total. The molecule has 0 aliphatic rings. The topological polar surface area (TPSA) is 73.8 Å². The van der Waals surface area contributed by atoms with E-state index >= 15 is 0 Å². The van der Waals surface area contributed by atoms with Crippen molar-refractivity contribution in [2.45, 2.75) is 19.2 Å². The van der Waals surface area contributed by atoms with Crippen molar-refractivity contribution in [2.75, 3.05) is 32.9 Å². The normalized spacial score (nSPS) is 12.3. The van der Waals surface area contributed by atoms with Crippen LogP contribution < -0.4 is 10.6 Å². The van der Waals surface area contributed by atoms with Gasteiger partial charge in [-0.15, -0.1) is 0 Å². The van der Waals surface area contributed by atoms with E-state index in [0.29, 0.717) is 36.1 Å². The number of benzene rings is 2. The second kappa shape index (κ2) is 12.0. The zero-order valence-electron chi connectivity index (χ0n) is 17.4. The smallest absolute Gasteiger partial charge is 0.253 e. The Morgan fingerprint density at radius 1 is 1.00 bits per heavy atom. The summed E-state index contributed by atoms with van der Waals surface area (Å²) in [6, 6.07) is 17.3. The summed E-state index contributed by atoms with van der Waals surface area (Å²) in [5.41, 5.74) is 2.77. The third kappa shape index (κ3) is 8.07. The number of carbonyl (C=O) groups excluding carboxylic acids is 1. The lowest BCUT2D eigenvalue weighted by atomic mass is 10.1. The number of nitrogens with zero attached hydrogens (tertiary/aromatic N) is 2. The first-order valence-corrected chi connectivity index (χ1v) is 11.2. The number of nitrogens with one attached hydrogen (secondary N) is 2. The molecular weight excluding hydrogens is 384 g/mol. The molecule has 156 valence electrons. The molecule has 0 aromatic heterocycles. The van der Waals surface area contributed by atoms with Gasteiger partial charge in [0.2, 0.25) is 0 Å². The zero-order valence-corrected chi connectivity index (χ0v) is 18.2. The highest BCUT2D eigenvalue weighted by Crippen LogP contribution is 2.07. The molecule has 29 heavy (non-hydrogen) atoms. The van der Waals surface area contributed by atoms with Crippen molar-refractivity contribution in [2.24, 2.45) is 4.99 Å². The fourth-order valence-corrected chi connectivity index (χ4v) is 3.68. The van der Waals surface area contributed by atoms with Gasteiger partial charge in [-0.2, -0.15) is 0 Å². The van der Waals surface area contributed by atoms with Crippen LogP contribution in [-0.2, 0) is 23.1 Å². The van der Waals surface area contributed by atoms with Gasteiger partial charge in [-0.3, -0.25) is 9.00 Å². The minimum atomic E-state index is -0.924. The van der Waals surface area contributed by atoms with Gasteiger partial charge in [0.25, 0.3) is 5.91 Å². The first-order chi connectivity index (χ1) is 14.0. The van der Waals surface area contributed by atoms with Crippen molar-refractivity contribution in [1.29, 1.82) is 0 Å². The number of aliphatic imine (C=N–C) groups is 1. The molecule has 0 bridgehead atoms. The van der Waals surface area contributed by atoms with Crippen LogP contribution in [0.15, 0.2) is 59.6 Å². The van der Waals surface area contributed by atoms with Crippen LogP contribution in [-0.4, -0.2) is 53.9 Å². The molecule has 1 unspecified atom stereocenters. The Bertz CT molecular complexity index is 820. The monoisotopic (exact) mass is 414 g/mol. The maximum atomic E-state index is 12.2. The molecule has 0 saturated carbocycles. The van der Waals surface area contributed by atoms with Crippen LogP contribution in [0.1, 0.15) is 28.4 Å². The van der Waals surface area contributed by atoms with Crippen LogP contribution in [0, 0.1) is 0 Å². The highest BCUT2D eigenvalue weighted by molar-refractivity contribution is 7.84. The van der Waals surface area contributed by atoms with Gasteiger partial charge in [0.05, 0.1) is 6.54 Å². The average molecular weight is 415 g/mol. The molecule has 0 radical (unpaired) electrons. The summed E-state index contributed by atoms with van der Waals surface area (Å²) in [5, 5.41) is 6.44. The number of amides is 1. The summed E-state index contributed by atoms with van der Waals surface area (Å²) in [5.74, 6) is 1.80. The Kier molecular flexibility index (Phi) is 9.37.